The number of aryl methyl sites for hydroxylation is 1. The van der Waals surface area contributed by atoms with Gasteiger partial charge < -0.3 is 9.84 Å². The first-order valence-electron chi connectivity index (χ1n) is 6.63. The first-order chi connectivity index (χ1) is 9.63. The quantitative estimate of drug-likeness (QED) is 0.912. The predicted octanol–water partition coefficient (Wildman–Crippen LogP) is 3.97. The molecule has 0 aliphatic rings. The molecule has 3 heteroatoms. The van der Waals surface area contributed by atoms with E-state index >= 15 is 0 Å². The average Bonchev–Trinajstić information content (AvgIpc) is 2.47. The summed E-state index contributed by atoms with van der Waals surface area (Å²) in [6.45, 7) is 3.76. The normalized spacial score (nSPS) is 11.7. The topological polar surface area (TPSA) is 53.2 Å². The van der Waals surface area contributed by atoms with Crippen molar-refractivity contribution in [3.8, 4) is 17.6 Å². The Kier molecular flexibility index (Phi) is 4.39. The van der Waals surface area contributed by atoms with Crippen molar-refractivity contribution in [2.24, 2.45) is 0 Å². The molecular formula is C17H17NO2. The SMILES string of the molecule is CCc1cccc(Oc2cc(C#N)ccc2[C@@H](C)O)c1. The smallest absolute Gasteiger partial charge is 0.134 e. The van der Waals surface area contributed by atoms with Crippen LogP contribution in [0, 0.1) is 11.3 Å². The second-order valence-electron chi connectivity index (χ2n) is 4.64. The molecule has 2 rings (SSSR count). The van der Waals surface area contributed by atoms with Gasteiger partial charge in [-0.1, -0.05) is 25.1 Å². The van der Waals surface area contributed by atoms with E-state index in [9.17, 15) is 5.11 Å². The Morgan fingerprint density at radius 2 is 2.05 bits per heavy atom. The van der Waals surface area contributed by atoms with E-state index in [1.54, 1.807) is 25.1 Å². The number of nitriles is 1. The standard InChI is InChI=1S/C17H17NO2/c1-3-13-5-4-6-15(9-13)20-17-10-14(11-18)7-8-16(17)12(2)19/h4-10,12,19H,3H2,1-2H3/t12-/m1/s1. The molecule has 0 aliphatic carbocycles. The first-order valence-corrected chi connectivity index (χ1v) is 6.63. The fourth-order valence-corrected chi connectivity index (χ4v) is 1.99. The summed E-state index contributed by atoms with van der Waals surface area (Å²) in [5, 5.41) is 18.8. The number of hydrogen-bond acceptors (Lipinski definition) is 3. The highest BCUT2D eigenvalue weighted by molar-refractivity contribution is 5.45. The van der Waals surface area contributed by atoms with Gasteiger partial charge in [0.05, 0.1) is 17.7 Å². The van der Waals surface area contributed by atoms with Gasteiger partial charge >= 0.3 is 0 Å². The molecule has 0 amide bonds. The lowest BCUT2D eigenvalue weighted by atomic mass is 10.1. The maximum Gasteiger partial charge on any atom is 0.134 e. The van der Waals surface area contributed by atoms with Gasteiger partial charge in [-0.2, -0.15) is 5.26 Å². The highest BCUT2D eigenvalue weighted by atomic mass is 16.5. The van der Waals surface area contributed by atoms with E-state index in [0.717, 1.165) is 6.42 Å². The molecule has 0 aliphatic heterocycles. The van der Waals surface area contributed by atoms with Crippen molar-refractivity contribution in [2.75, 3.05) is 0 Å². The van der Waals surface area contributed by atoms with E-state index < -0.39 is 6.10 Å². The Hall–Kier alpha value is -2.31. The number of aliphatic hydroxyl groups excluding tert-OH is 1. The zero-order valence-electron chi connectivity index (χ0n) is 11.6. The molecule has 0 unspecified atom stereocenters. The van der Waals surface area contributed by atoms with Crippen molar-refractivity contribution >= 4 is 0 Å². The Morgan fingerprint density at radius 3 is 2.70 bits per heavy atom. The summed E-state index contributed by atoms with van der Waals surface area (Å²) >= 11 is 0. The largest absolute Gasteiger partial charge is 0.457 e. The van der Waals surface area contributed by atoms with Crippen LogP contribution in [0.15, 0.2) is 42.5 Å². The van der Waals surface area contributed by atoms with Crippen LogP contribution in [0.4, 0.5) is 0 Å². The summed E-state index contributed by atoms with van der Waals surface area (Å²) in [5.41, 5.74) is 2.36. The molecule has 0 aromatic heterocycles. The van der Waals surface area contributed by atoms with Crippen LogP contribution in [-0.2, 0) is 6.42 Å². The molecule has 0 fully saturated rings. The Labute approximate surface area is 119 Å². The molecule has 0 saturated carbocycles. The third-order valence-corrected chi connectivity index (χ3v) is 3.13. The van der Waals surface area contributed by atoms with E-state index in [1.807, 2.05) is 24.3 Å². The number of ether oxygens (including phenoxy) is 1. The van der Waals surface area contributed by atoms with Crippen molar-refractivity contribution in [3.63, 3.8) is 0 Å². The average molecular weight is 267 g/mol. The van der Waals surface area contributed by atoms with E-state index in [2.05, 4.69) is 13.0 Å². The zero-order valence-corrected chi connectivity index (χ0v) is 11.6. The third kappa shape index (κ3) is 3.17. The summed E-state index contributed by atoms with van der Waals surface area (Å²) in [6, 6.07) is 14.9. The predicted molar refractivity (Wildman–Crippen MR) is 77.7 cm³/mol. The van der Waals surface area contributed by atoms with E-state index in [0.29, 0.717) is 22.6 Å². The van der Waals surface area contributed by atoms with Gasteiger partial charge in [-0.3, -0.25) is 0 Å². The van der Waals surface area contributed by atoms with Gasteiger partial charge in [0.1, 0.15) is 11.5 Å². The number of aliphatic hydroxyl groups is 1. The van der Waals surface area contributed by atoms with Crippen LogP contribution < -0.4 is 4.74 Å². The maximum atomic E-state index is 9.78. The molecule has 0 bridgehead atoms. The molecule has 0 heterocycles. The van der Waals surface area contributed by atoms with Gasteiger partial charge in [0, 0.05) is 5.56 Å². The number of nitrogens with zero attached hydrogens (tertiary/aromatic N) is 1. The van der Waals surface area contributed by atoms with Crippen LogP contribution in [-0.4, -0.2) is 5.11 Å². The Morgan fingerprint density at radius 1 is 1.25 bits per heavy atom. The van der Waals surface area contributed by atoms with Gasteiger partial charge in [-0.05, 0) is 43.2 Å². The lowest BCUT2D eigenvalue weighted by Crippen LogP contribution is -1.97. The molecular weight excluding hydrogens is 250 g/mol. The van der Waals surface area contributed by atoms with E-state index in [1.165, 1.54) is 5.56 Å². The van der Waals surface area contributed by atoms with Crippen LogP contribution >= 0.6 is 0 Å². The first kappa shape index (κ1) is 14.1. The number of benzene rings is 2. The maximum absolute atomic E-state index is 9.78. The molecule has 0 saturated heterocycles. The van der Waals surface area contributed by atoms with Crippen molar-refractivity contribution in [3.05, 3.63) is 59.2 Å². The third-order valence-electron chi connectivity index (χ3n) is 3.13. The van der Waals surface area contributed by atoms with E-state index in [-0.39, 0.29) is 0 Å². The summed E-state index contributed by atoms with van der Waals surface area (Å²) in [5.74, 6) is 1.23. The van der Waals surface area contributed by atoms with Gasteiger partial charge in [0.2, 0.25) is 0 Å². The Bertz CT molecular complexity index is 642. The van der Waals surface area contributed by atoms with Gasteiger partial charge in [0.25, 0.3) is 0 Å². The highest BCUT2D eigenvalue weighted by Gasteiger charge is 2.11. The number of hydrogen-bond donors (Lipinski definition) is 1. The summed E-state index contributed by atoms with van der Waals surface area (Å²) in [7, 11) is 0. The van der Waals surface area contributed by atoms with Crippen molar-refractivity contribution < 1.29 is 9.84 Å². The molecule has 3 nitrogen and oxygen atoms in total. The lowest BCUT2D eigenvalue weighted by molar-refractivity contribution is 0.195. The summed E-state index contributed by atoms with van der Waals surface area (Å²) < 4.78 is 5.84. The molecule has 0 radical (unpaired) electrons. The van der Waals surface area contributed by atoms with Crippen molar-refractivity contribution in [1.82, 2.24) is 0 Å². The van der Waals surface area contributed by atoms with Crippen molar-refractivity contribution in [2.45, 2.75) is 26.4 Å². The fourth-order valence-electron chi connectivity index (χ4n) is 1.99. The molecule has 102 valence electrons. The second-order valence-corrected chi connectivity index (χ2v) is 4.64. The summed E-state index contributed by atoms with van der Waals surface area (Å²) in [4.78, 5) is 0. The molecule has 2 aromatic carbocycles. The zero-order chi connectivity index (χ0) is 14.5. The molecule has 20 heavy (non-hydrogen) atoms. The minimum absolute atomic E-state index is 0.510. The number of rotatable bonds is 4. The van der Waals surface area contributed by atoms with Crippen LogP contribution in [0.3, 0.4) is 0 Å². The minimum Gasteiger partial charge on any atom is -0.457 e. The lowest BCUT2D eigenvalue weighted by Gasteiger charge is -2.14. The summed E-state index contributed by atoms with van der Waals surface area (Å²) in [6.07, 6.45) is 0.283. The van der Waals surface area contributed by atoms with Gasteiger partial charge in [0.15, 0.2) is 0 Å². The van der Waals surface area contributed by atoms with E-state index in [4.69, 9.17) is 10.00 Å². The van der Waals surface area contributed by atoms with Crippen LogP contribution in [0.25, 0.3) is 0 Å². The highest BCUT2D eigenvalue weighted by Crippen LogP contribution is 2.31. The van der Waals surface area contributed by atoms with Crippen LogP contribution in [0.2, 0.25) is 0 Å². The fraction of sp³-hybridized carbons (Fsp3) is 0.235. The van der Waals surface area contributed by atoms with Crippen LogP contribution in [0.5, 0.6) is 11.5 Å². The minimum atomic E-state index is -0.646. The molecule has 0 spiro atoms. The van der Waals surface area contributed by atoms with Gasteiger partial charge in [-0.25, -0.2) is 0 Å². The van der Waals surface area contributed by atoms with Crippen LogP contribution in [0.1, 0.15) is 36.6 Å². The molecule has 2 aromatic rings. The monoisotopic (exact) mass is 267 g/mol. The Balaban J connectivity index is 2.38. The molecule has 1 atom stereocenters. The van der Waals surface area contributed by atoms with Crippen molar-refractivity contribution in [1.29, 1.82) is 5.26 Å². The van der Waals surface area contributed by atoms with Gasteiger partial charge in [-0.15, -0.1) is 0 Å². The second kappa shape index (κ2) is 6.23. The molecule has 1 N–H and O–H groups in total.